The minimum Gasteiger partial charge on any atom is -0.380 e. The van der Waals surface area contributed by atoms with Gasteiger partial charge in [0.2, 0.25) is 10.0 Å². The van der Waals surface area contributed by atoms with Crippen LogP contribution >= 0.6 is 0 Å². The number of methoxy groups -OCH3 is 1. The van der Waals surface area contributed by atoms with Crippen molar-refractivity contribution in [3.8, 4) is 0 Å². The summed E-state index contributed by atoms with van der Waals surface area (Å²) in [5.74, 6) is 0. The molecule has 0 radical (unpaired) electrons. The van der Waals surface area contributed by atoms with Crippen LogP contribution in [-0.4, -0.2) is 34.7 Å². The molecule has 0 saturated carbocycles. The number of benzene rings is 1. The van der Waals surface area contributed by atoms with Crippen molar-refractivity contribution in [3.05, 3.63) is 29.8 Å². The summed E-state index contributed by atoms with van der Waals surface area (Å²) in [4.78, 5) is 0.269. The average Bonchev–Trinajstić information content (AvgIpc) is 2.38. The molecule has 0 aromatic heterocycles. The molecule has 0 amide bonds. The normalized spacial score (nSPS) is 13.4. The molecule has 0 spiro atoms. The van der Waals surface area contributed by atoms with Crippen molar-refractivity contribution in [2.75, 3.05) is 20.2 Å². The van der Waals surface area contributed by atoms with Gasteiger partial charge in [-0.1, -0.05) is 19.1 Å². The molecule has 0 saturated heterocycles. The van der Waals surface area contributed by atoms with E-state index in [0.29, 0.717) is 13.2 Å². The number of hydrogen-bond donors (Lipinski definition) is 2. The lowest BCUT2D eigenvalue weighted by Crippen LogP contribution is -2.38. The lowest BCUT2D eigenvalue weighted by molar-refractivity contribution is 0.184. The molecule has 0 aliphatic carbocycles. The van der Waals surface area contributed by atoms with Crippen LogP contribution < -0.4 is 10.0 Å². The summed E-state index contributed by atoms with van der Waals surface area (Å²) in [5.41, 5.74) is 0.838. The molecule has 19 heavy (non-hydrogen) atoms. The highest BCUT2D eigenvalue weighted by molar-refractivity contribution is 7.89. The van der Waals surface area contributed by atoms with E-state index in [-0.39, 0.29) is 10.9 Å². The number of rotatable bonds is 8. The van der Waals surface area contributed by atoms with Gasteiger partial charge in [-0.3, -0.25) is 0 Å². The van der Waals surface area contributed by atoms with Gasteiger partial charge in [0, 0.05) is 19.7 Å². The van der Waals surface area contributed by atoms with E-state index in [1.165, 1.54) is 0 Å². The van der Waals surface area contributed by atoms with Crippen LogP contribution in [0.25, 0.3) is 0 Å². The zero-order chi connectivity index (χ0) is 14.3. The van der Waals surface area contributed by atoms with E-state index in [2.05, 4.69) is 10.0 Å². The first kappa shape index (κ1) is 16.1. The summed E-state index contributed by atoms with van der Waals surface area (Å²) in [6.45, 7) is 5.50. The molecule has 0 heterocycles. The van der Waals surface area contributed by atoms with Crippen LogP contribution in [-0.2, 0) is 21.4 Å². The van der Waals surface area contributed by atoms with Crippen molar-refractivity contribution in [3.63, 3.8) is 0 Å². The quantitative estimate of drug-likeness (QED) is 0.751. The molecule has 0 bridgehead atoms. The summed E-state index contributed by atoms with van der Waals surface area (Å²) in [6, 6.07) is 6.87. The largest absolute Gasteiger partial charge is 0.380 e. The lowest BCUT2D eigenvalue weighted by Gasteiger charge is -2.14. The summed E-state index contributed by atoms with van der Waals surface area (Å²) in [6.07, 6.45) is 0. The molecule has 0 aliphatic heterocycles. The zero-order valence-corrected chi connectivity index (χ0v) is 12.5. The molecule has 108 valence electrons. The van der Waals surface area contributed by atoms with Gasteiger partial charge in [-0.25, -0.2) is 13.1 Å². The molecule has 0 aliphatic rings. The van der Waals surface area contributed by atoms with Gasteiger partial charge < -0.3 is 10.1 Å². The minimum absolute atomic E-state index is 0.0990. The topological polar surface area (TPSA) is 67.4 Å². The molecule has 1 rings (SSSR count). The molecule has 1 aromatic carbocycles. The van der Waals surface area contributed by atoms with Crippen molar-refractivity contribution in [1.29, 1.82) is 0 Å². The number of nitrogens with one attached hydrogen (secondary N) is 2. The second kappa shape index (κ2) is 7.59. The van der Waals surface area contributed by atoms with Gasteiger partial charge in [0.05, 0.1) is 11.5 Å². The van der Waals surface area contributed by atoms with E-state index in [1.54, 1.807) is 25.3 Å². The predicted octanol–water partition coefficient (Wildman–Crippen LogP) is 1.11. The Hall–Kier alpha value is -0.950. The number of ether oxygens (including phenoxy) is 1. The third kappa shape index (κ3) is 5.28. The van der Waals surface area contributed by atoms with E-state index < -0.39 is 10.0 Å². The number of hydrogen-bond acceptors (Lipinski definition) is 4. The Morgan fingerprint density at radius 2 is 2.11 bits per heavy atom. The highest BCUT2D eigenvalue weighted by Gasteiger charge is 2.15. The Labute approximate surface area is 115 Å². The Balaban J connectivity index is 2.74. The van der Waals surface area contributed by atoms with E-state index in [9.17, 15) is 8.42 Å². The molecular formula is C13H22N2O3S. The molecule has 1 aromatic rings. The maximum atomic E-state index is 12.1. The SMILES string of the molecule is CCN[C@H](C)CNS(=O)(=O)c1cccc(COC)c1. The fourth-order valence-electron chi connectivity index (χ4n) is 1.71. The van der Waals surface area contributed by atoms with Crippen LogP contribution in [0.4, 0.5) is 0 Å². The first-order valence-electron chi connectivity index (χ1n) is 6.30. The fraction of sp³-hybridized carbons (Fsp3) is 0.538. The first-order chi connectivity index (χ1) is 8.99. The van der Waals surface area contributed by atoms with Gasteiger partial charge in [-0.05, 0) is 31.2 Å². The summed E-state index contributed by atoms with van der Waals surface area (Å²) >= 11 is 0. The van der Waals surface area contributed by atoms with Crippen molar-refractivity contribution < 1.29 is 13.2 Å². The molecule has 1 atom stereocenters. The Morgan fingerprint density at radius 3 is 2.74 bits per heavy atom. The van der Waals surface area contributed by atoms with Gasteiger partial charge in [0.25, 0.3) is 0 Å². The van der Waals surface area contributed by atoms with Crippen LogP contribution in [0.5, 0.6) is 0 Å². The highest BCUT2D eigenvalue weighted by Crippen LogP contribution is 2.12. The monoisotopic (exact) mass is 286 g/mol. The highest BCUT2D eigenvalue weighted by atomic mass is 32.2. The van der Waals surface area contributed by atoms with Crippen LogP contribution in [0.15, 0.2) is 29.2 Å². The Kier molecular flexibility index (Phi) is 6.44. The summed E-state index contributed by atoms with van der Waals surface area (Å²) < 4.78 is 31.8. The van der Waals surface area contributed by atoms with Crippen molar-refractivity contribution in [2.45, 2.75) is 31.4 Å². The van der Waals surface area contributed by atoms with E-state index in [4.69, 9.17) is 4.74 Å². The van der Waals surface area contributed by atoms with Crippen LogP contribution in [0.2, 0.25) is 0 Å². The summed E-state index contributed by atoms with van der Waals surface area (Å²) in [7, 11) is -1.88. The third-order valence-electron chi connectivity index (χ3n) is 2.65. The molecule has 6 heteroatoms. The minimum atomic E-state index is -3.46. The Morgan fingerprint density at radius 1 is 1.37 bits per heavy atom. The van der Waals surface area contributed by atoms with E-state index >= 15 is 0 Å². The third-order valence-corrected chi connectivity index (χ3v) is 4.07. The van der Waals surface area contributed by atoms with Gasteiger partial charge in [-0.2, -0.15) is 0 Å². The second-order valence-corrected chi connectivity index (χ2v) is 6.16. The summed E-state index contributed by atoms with van der Waals surface area (Å²) in [5, 5.41) is 3.15. The van der Waals surface area contributed by atoms with E-state index in [1.807, 2.05) is 19.9 Å². The Bertz CT molecular complexity index is 488. The number of sulfonamides is 1. The van der Waals surface area contributed by atoms with Crippen molar-refractivity contribution >= 4 is 10.0 Å². The smallest absolute Gasteiger partial charge is 0.240 e. The molecular weight excluding hydrogens is 264 g/mol. The standard InChI is InChI=1S/C13H22N2O3S/c1-4-14-11(2)9-15-19(16,17)13-7-5-6-12(8-13)10-18-3/h5-8,11,14-15H,4,9-10H2,1-3H3/t11-/m1/s1. The predicted molar refractivity (Wildman–Crippen MR) is 75.5 cm³/mol. The van der Waals surface area contributed by atoms with E-state index in [0.717, 1.165) is 12.1 Å². The van der Waals surface area contributed by atoms with Crippen LogP contribution in [0, 0.1) is 0 Å². The second-order valence-electron chi connectivity index (χ2n) is 4.39. The fourth-order valence-corrected chi connectivity index (χ4v) is 2.91. The van der Waals surface area contributed by atoms with Crippen molar-refractivity contribution in [1.82, 2.24) is 10.0 Å². The van der Waals surface area contributed by atoms with Gasteiger partial charge in [0.15, 0.2) is 0 Å². The van der Waals surface area contributed by atoms with Gasteiger partial charge in [0.1, 0.15) is 0 Å². The molecule has 2 N–H and O–H groups in total. The zero-order valence-electron chi connectivity index (χ0n) is 11.6. The average molecular weight is 286 g/mol. The molecule has 0 unspecified atom stereocenters. The van der Waals surface area contributed by atoms with Gasteiger partial charge in [-0.15, -0.1) is 0 Å². The lowest BCUT2D eigenvalue weighted by atomic mass is 10.2. The first-order valence-corrected chi connectivity index (χ1v) is 7.79. The molecule has 5 nitrogen and oxygen atoms in total. The van der Waals surface area contributed by atoms with Crippen LogP contribution in [0.1, 0.15) is 19.4 Å². The maximum Gasteiger partial charge on any atom is 0.240 e. The van der Waals surface area contributed by atoms with Gasteiger partial charge >= 0.3 is 0 Å². The number of likely N-dealkylation sites (N-methyl/N-ethyl adjacent to an activating group) is 1. The maximum absolute atomic E-state index is 12.1. The molecule has 0 fully saturated rings. The van der Waals surface area contributed by atoms with Crippen molar-refractivity contribution in [2.24, 2.45) is 0 Å². The van der Waals surface area contributed by atoms with Crippen LogP contribution in [0.3, 0.4) is 0 Å².